The molecule has 4 heteroatoms. The molecule has 0 unspecified atom stereocenters. The van der Waals surface area contributed by atoms with Crippen LogP contribution in [0.25, 0.3) is 5.70 Å². The molecule has 2 nitrogen and oxygen atoms in total. The highest BCUT2D eigenvalue weighted by Gasteiger charge is 2.23. The van der Waals surface area contributed by atoms with Crippen LogP contribution in [0.1, 0.15) is 49.6 Å². The van der Waals surface area contributed by atoms with Crippen LogP contribution in [0.2, 0.25) is 0 Å². The van der Waals surface area contributed by atoms with E-state index in [2.05, 4.69) is 36.8 Å². The molecule has 0 spiro atoms. The van der Waals surface area contributed by atoms with E-state index in [9.17, 15) is 8.78 Å². The first kappa shape index (κ1) is 20.1. The Morgan fingerprint density at radius 1 is 1.15 bits per heavy atom. The normalized spacial score (nSPS) is 11.6. The molecule has 0 radical (unpaired) electrons. The smallest absolute Gasteiger partial charge is 0.270 e. The molecule has 140 valence electrons. The SMILES string of the molecule is C=C(NCC(C)C)c1ccc(CCCc2cccc(C(C)(F)F)c2)cn1. The molecular formula is C22H28F2N2. The molecule has 0 amide bonds. The lowest BCUT2D eigenvalue weighted by atomic mass is 10.0. The monoisotopic (exact) mass is 358 g/mol. The highest BCUT2D eigenvalue weighted by atomic mass is 19.3. The number of nitrogens with one attached hydrogen (secondary N) is 1. The molecule has 2 rings (SSSR count). The van der Waals surface area contributed by atoms with Crippen molar-refractivity contribution >= 4 is 5.70 Å². The van der Waals surface area contributed by atoms with Gasteiger partial charge < -0.3 is 5.32 Å². The van der Waals surface area contributed by atoms with Crippen molar-refractivity contribution in [3.8, 4) is 0 Å². The van der Waals surface area contributed by atoms with Crippen molar-refractivity contribution in [3.05, 3.63) is 71.6 Å². The van der Waals surface area contributed by atoms with E-state index in [1.807, 2.05) is 18.3 Å². The Hall–Kier alpha value is -2.23. The first-order valence-electron chi connectivity index (χ1n) is 9.11. The Morgan fingerprint density at radius 3 is 2.50 bits per heavy atom. The summed E-state index contributed by atoms with van der Waals surface area (Å²) in [6, 6.07) is 10.7. The highest BCUT2D eigenvalue weighted by molar-refractivity contribution is 5.57. The topological polar surface area (TPSA) is 24.9 Å². The number of hydrogen-bond acceptors (Lipinski definition) is 2. The largest absolute Gasteiger partial charge is 0.384 e. The molecule has 0 aliphatic heterocycles. The second-order valence-electron chi connectivity index (χ2n) is 7.25. The van der Waals surface area contributed by atoms with Gasteiger partial charge in [0.15, 0.2) is 0 Å². The van der Waals surface area contributed by atoms with Crippen LogP contribution in [0.4, 0.5) is 8.78 Å². The van der Waals surface area contributed by atoms with Crippen LogP contribution in [0.3, 0.4) is 0 Å². The van der Waals surface area contributed by atoms with E-state index in [4.69, 9.17) is 0 Å². The number of pyridine rings is 1. The van der Waals surface area contributed by atoms with E-state index in [-0.39, 0.29) is 5.56 Å². The van der Waals surface area contributed by atoms with Crippen molar-refractivity contribution in [2.75, 3.05) is 6.54 Å². The van der Waals surface area contributed by atoms with Gasteiger partial charge in [0.05, 0.1) is 11.4 Å². The number of rotatable bonds is 9. The Bertz CT molecular complexity index is 716. The van der Waals surface area contributed by atoms with Gasteiger partial charge in [-0.3, -0.25) is 4.98 Å². The van der Waals surface area contributed by atoms with Crippen LogP contribution < -0.4 is 5.32 Å². The summed E-state index contributed by atoms with van der Waals surface area (Å²) in [7, 11) is 0. The van der Waals surface area contributed by atoms with Crippen LogP contribution in [0.5, 0.6) is 0 Å². The molecule has 0 aliphatic rings. The lowest BCUT2D eigenvalue weighted by Crippen LogP contribution is -2.18. The maximum Gasteiger partial charge on any atom is 0.270 e. The third kappa shape index (κ3) is 6.25. The minimum absolute atomic E-state index is 0.0772. The molecule has 1 aromatic heterocycles. The van der Waals surface area contributed by atoms with Crippen LogP contribution in [-0.2, 0) is 18.8 Å². The first-order chi connectivity index (χ1) is 12.3. The van der Waals surface area contributed by atoms with Gasteiger partial charge in [0.25, 0.3) is 5.92 Å². The van der Waals surface area contributed by atoms with Gasteiger partial charge in [0.1, 0.15) is 0 Å². The number of aromatic nitrogens is 1. The first-order valence-corrected chi connectivity index (χ1v) is 9.11. The predicted molar refractivity (Wildman–Crippen MR) is 104 cm³/mol. The third-order valence-electron chi connectivity index (χ3n) is 4.22. The molecule has 0 saturated heterocycles. The zero-order valence-electron chi connectivity index (χ0n) is 15.9. The van der Waals surface area contributed by atoms with Gasteiger partial charge in [-0.05, 0) is 48.4 Å². The van der Waals surface area contributed by atoms with Crippen molar-refractivity contribution in [1.29, 1.82) is 0 Å². The summed E-state index contributed by atoms with van der Waals surface area (Å²) in [4.78, 5) is 4.47. The molecule has 0 bridgehead atoms. The third-order valence-corrected chi connectivity index (χ3v) is 4.22. The summed E-state index contributed by atoms with van der Waals surface area (Å²) in [6.07, 6.45) is 4.40. The van der Waals surface area contributed by atoms with Crippen LogP contribution >= 0.6 is 0 Å². The number of hydrogen-bond donors (Lipinski definition) is 1. The molecule has 2 aromatic rings. The summed E-state index contributed by atoms with van der Waals surface area (Å²) >= 11 is 0. The lowest BCUT2D eigenvalue weighted by Gasteiger charge is -2.12. The van der Waals surface area contributed by atoms with E-state index in [0.29, 0.717) is 5.92 Å². The van der Waals surface area contributed by atoms with Gasteiger partial charge in [0, 0.05) is 25.2 Å². The van der Waals surface area contributed by atoms with Crippen molar-refractivity contribution in [3.63, 3.8) is 0 Å². The lowest BCUT2D eigenvalue weighted by molar-refractivity contribution is 0.0174. The quantitative estimate of drug-likeness (QED) is 0.632. The molecule has 1 heterocycles. The molecule has 0 atom stereocenters. The predicted octanol–water partition coefficient (Wildman–Crippen LogP) is 5.58. The molecular weight excluding hydrogens is 330 g/mol. The van der Waals surface area contributed by atoms with Crippen molar-refractivity contribution in [2.45, 2.75) is 46.0 Å². The van der Waals surface area contributed by atoms with Crippen LogP contribution in [-0.4, -0.2) is 11.5 Å². The van der Waals surface area contributed by atoms with Crippen molar-refractivity contribution in [2.24, 2.45) is 5.92 Å². The standard InChI is InChI=1S/C22H28F2N2/c1-16(2)14-25-17(3)21-12-11-19(15-26-21)9-5-7-18-8-6-10-20(13-18)22(4,23)24/h6,8,10-13,15-16,25H,3,5,7,9,14H2,1-2,4H3. The highest BCUT2D eigenvalue weighted by Crippen LogP contribution is 2.27. The average Bonchev–Trinajstić information content (AvgIpc) is 2.60. The summed E-state index contributed by atoms with van der Waals surface area (Å²) < 4.78 is 26.8. The fraction of sp³-hybridized carbons (Fsp3) is 0.409. The zero-order chi connectivity index (χ0) is 19.2. The van der Waals surface area contributed by atoms with E-state index in [1.165, 1.54) is 6.07 Å². The van der Waals surface area contributed by atoms with Crippen molar-refractivity contribution in [1.82, 2.24) is 10.3 Å². The number of benzene rings is 1. The van der Waals surface area contributed by atoms with E-state index < -0.39 is 5.92 Å². The van der Waals surface area contributed by atoms with Gasteiger partial charge in [-0.2, -0.15) is 0 Å². The van der Waals surface area contributed by atoms with E-state index in [1.54, 1.807) is 12.1 Å². The fourth-order valence-corrected chi connectivity index (χ4v) is 2.67. The van der Waals surface area contributed by atoms with E-state index >= 15 is 0 Å². The Kier molecular flexibility index (Phi) is 6.90. The summed E-state index contributed by atoms with van der Waals surface area (Å²) in [5.74, 6) is -2.24. The summed E-state index contributed by atoms with van der Waals surface area (Å²) in [6.45, 7) is 10.1. The average molecular weight is 358 g/mol. The molecule has 26 heavy (non-hydrogen) atoms. The number of aryl methyl sites for hydroxylation is 2. The molecule has 1 N–H and O–H groups in total. The van der Waals surface area contributed by atoms with Gasteiger partial charge in [-0.25, -0.2) is 8.78 Å². The molecule has 1 aromatic carbocycles. The van der Waals surface area contributed by atoms with Gasteiger partial charge in [-0.15, -0.1) is 0 Å². The summed E-state index contributed by atoms with van der Waals surface area (Å²) in [5, 5.41) is 3.28. The molecule has 0 fully saturated rings. The number of alkyl halides is 2. The Balaban J connectivity index is 1.86. The Morgan fingerprint density at radius 2 is 1.88 bits per heavy atom. The Labute approximate surface area is 155 Å². The maximum absolute atomic E-state index is 13.4. The van der Waals surface area contributed by atoms with Gasteiger partial charge in [0.2, 0.25) is 0 Å². The van der Waals surface area contributed by atoms with E-state index in [0.717, 1.165) is 55.2 Å². The van der Waals surface area contributed by atoms with Gasteiger partial charge >= 0.3 is 0 Å². The van der Waals surface area contributed by atoms with Crippen LogP contribution in [0, 0.1) is 5.92 Å². The van der Waals surface area contributed by atoms with Crippen molar-refractivity contribution < 1.29 is 8.78 Å². The molecule has 0 saturated carbocycles. The minimum Gasteiger partial charge on any atom is -0.384 e. The van der Waals surface area contributed by atoms with Crippen LogP contribution in [0.15, 0.2) is 49.2 Å². The summed E-state index contributed by atoms with van der Waals surface area (Å²) in [5.41, 5.74) is 3.85. The zero-order valence-corrected chi connectivity index (χ0v) is 15.9. The maximum atomic E-state index is 13.4. The molecule has 0 aliphatic carbocycles. The second-order valence-corrected chi connectivity index (χ2v) is 7.25. The minimum atomic E-state index is -2.79. The second kappa shape index (κ2) is 8.93. The number of nitrogens with zero attached hydrogens (tertiary/aromatic N) is 1. The van der Waals surface area contributed by atoms with Gasteiger partial charge in [-0.1, -0.05) is 44.7 Å². The fourth-order valence-electron chi connectivity index (χ4n) is 2.67. The number of halogens is 2.